The highest BCUT2D eigenvalue weighted by Gasteiger charge is 2.38. The molecule has 1 aromatic carbocycles. The van der Waals surface area contributed by atoms with E-state index in [9.17, 15) is 9.59 Å². The Morgan fingerprint density at radius 2 is 2.04 bits per heavy atom. The lowest BCUT2D eigenvalue weighted by Crippen LogP contribution is -2.48. The Hall–Kier alpha value is -1.63. The molecule has 2 rings (SSSR count). The van der Waals surface area contributed by atoms with Crippen LogP contribution in [0, 0.1) is 5.41 Å². The highest BCUT2D eigenvalue weighted by Crippen LogP contribution is 2.29. The van der Waals surface area contributed by atoms with Gasteiger partial charge in [-0.15, -0.1) is 12.4 Å². The first-order valence-electron chi connectivity index (χ1n) is 7.35. The van der Waals surface area contributed by atoms with Crippen LogP contribution in [0.1, 0.15) is 28.8 Å². The van der Waals surface area contributed by atoms with Crippen molar-refractivity contribution in [2.45, 2.75) is 19.4 Å². The van der Waals surface area contributed by atoms with Crippen molar-refractivity contribution in [2.24, 2.45) is 11.1 Å². The number of carbonyl (C=O) groups is 2. The number of methoxy groups -OCH3 is 1. The average Bonchev–Trinajstić information content (AvgIpc) is 2.59. The number of hydrogen-bond donors (Lipinski definition) is 2. The molecule has 0 aliphatic carbocycles. The van der Waals surface area contributed by atoms with Gasteiger partial charge in [-0.3, -0.25) is 4.79 Å². The molecule has 1 fully saturated rings. The third-order valence-corrected chi connectivity index (χ3v) is 4.12. The van der Waals surface area contributed by atoms with E-state index < -0.39 is 11.4 Å². The summed E-state index contributed by atoms with van der Waals surface area (Å²) in [6.45, 7) is 1.78. The Bertz CT molecular complexity index is 545. The molecule has 1 saturated heterocycles. The van der Waals surface area contributed by atoms with Gasteiger partial charge in [-0.25, -0.2) is 4.79 Å². The first kappa shape index (κ1) is 19.4. The molecule has 1 heterocycles. The minimum absolute atomic E-state index is 0. The van der Waals surface area contributed by atoms with Gasteiger partial charge in [-0.1, -0.05) is 12.1 Å². The molecule has 0 atom stereocenters. The molecule has 1 aliphatic rings. The van der Waals surface area contributed by atoms with Gasteiger partial charge in [0.15, 0.2) is 0 Å². The van der Waals surface area contributed by atoms with Gasteiger partial charge < -0.3 is 20.5 Å². The molecule has 1 aromatic rings. The van der Waals surface area contributed by atoms with E-state index in [1.165, 1.54) is 7.11 Å². The van der Waals surface area contributed by atoms with E-state index in [1.54, 1.807) is 18.2 Å². The molecule has 0 radical (unpaired) electrons. The van der Waals surface area contributed by atoms with Crippen LogP contribution >= 0.6 is 12.4 Å². The molecule has 0 aromatic heterocycles. The number of rotatable bonds is 5. The zero-order valence-corrected chi connectivity index (χ0v) is 14.0. The number of amides is 1. The number of hydrogen-bond acceptors (Lipinski definition) is 5. The summed E-state index contributed by atoms with van der Waals surface area (Å²) in [7, 11) is 1.34. The van der Waals surface area contributed by atoms with Crippen molar-refractivity contribution in [1.82, 2.24) is 5.32 Å². The van der Waals surface area contributed by atoms with E-state index in [-0.39, 0.29) is 18.3 Å². The fraction of sp³-hybridized carbons (Fsp3) is 0.500. The summed E-state index contributed by atoms with van der Waals surface area (Å²) in [5.41, 5.74) is 6.58. The smallest absolute Gasteiger partial charge is 0.337 e. The van der Waals surface area contributed by atoms with Gasteiger partial charge in [0.05, 0.1) is 18.1 Å². The summed E-state index contributed by atoms with van der Waals surface area (Å²) >= 11 is 0. The molecule has 0 saturated carbocycles. The fourth-order valence-corrected chi connectivity index (χ4v) is 2.58. The Balaban J connectivity index is 0.00000264. The second kappa shape index (κ2) is 8.86. The molecular formula is C16H23ClN2O4. The van der Waals surface area contributed by atoms with Crippen molar-refractivity contribution in [1.29, 1.82) is 0 Å². The zero-order valence-electron chi connectivity index (χ0n) is 13.2. The molecule has 128 valence electrons. The molecule has 7 heteroatoms. The molecular weight excluding hydrogens is 320 g/mol. The third kappa shape index (κ3) is 4.67. The highest BCUT2D eigenvalue weighted by atomic mass is 35.5. The minimum atomic E-state index is -0.543. The zero-order chi connectivity index (χ0) is 16.0. The standard InChI is InChI=1S/C16H22N2O4.ClH/c1-21-14(19)13-4-2-3-12(9-13)10-18-15(20)16(11-17)5-7-22-8-6-16;/h2-4,9H,5-8,10-11,17H2,1H3,(H,18,20);1H. The SMILES string of the molecule is COC(=O)c1cccc(CNC(=O)C2(CN)CCOCC2)c1.Cl. The second-order valence-electron chi connectivity index (χ2n) is 5.47. The van der Waals surface area contributed by atoms with Crippen LogP contribution in [-0.2, 0) is 20.8 Å². The summed E-state index contributed by atoms with van der Waals surface area (Å²) in [5, 5.41) is 2.92. The van der Waals surface area contributed by atoms with Gasteiger partial charge in [0, 0.05) is 26.3 Å². The number of ether oxygens (including phenoxy) is 2. The van der Waals surface area contributed by atoms with Crippen molar-refractivity contribution in [3.63, 3.8) is 0 Å². The molecule has 1 amide bonds. The largest absolute Gasteiger partial charge is 0.465 e. The van der Waals surface area contributed by atoms with Gasteiger partial charge in [0.2, 0.25) is 5.91 Å². The Morgan fingerprint density at radius 1 is 1.35 bits per heavy atom. The monoisotopic (exact) mass is 342 g/mol. The highest BCUT2D eigenvalue weighted by molar-refractivity contribution is 5.89. The third-order valence-electron chi connectivity index (χ3n) is 4.12. The summed E-state index contributed by atoms with van der Waals surface area (Å²) in [6, 6.07) is 7.01. The van der Waals surface area contributed by atoms with Crippen LogP contribution in [0.4, 0.5) is 0 Å². The molecule has 0 unspecified atom stereocenters. The lowest BCUT2D eigenvalue weighted by molar-refractivity contribution is -0.136. The van der Waals surface area contributed by atoms with E-state index in [4.69, 9.17) is 10.5 Å². The van der Waals surface area contributed by atoms with Crippen LogP contribution in [0.3, 0.4) is 0 Å². The number of benzene rings is 1. The fourth-order valence-electron chi connectivity index (χ4n) is 2.58. The normalized spacial score (nSPS) is 16.1. The van der Waals surface area contributed by atoms with Crippen LogP contribution in [0.25, 0.3) is 0 Å². The minimum Gasteiger partial charge on any atom is -0.465 e. The van der Waals surface area contributed by atoms with Crippen LogP contribution in [0.5, 0.6) is 0 Å². The average molecular weight is 343 g/mol. The maximum Gasteiger partial charge on any atom is 0.337 e. The summed E-state index contributed by atoms with van der Waals surface area (Å²) in [6.07, 6.45) is 1.27. The van der Waals surface area contributed by atoms with Gasteiger partial charge in [0.25, 0.3) is 0 Å². The number of carbonyl (C=O) groups excluding carboxylic acids is 2. The van der Waals surface area contributed by atoms with Crippen molar-refractivity contribution < 1.29 is 19.1 Å². The Morgan fingerprint density at radius 3 is 2.65 bits per heavy atom. The Labute approximate surface area is 142 Å². The van der Waals surface area contributed by atoms with Crippen molar-refractivity contribution in [2.75, 3.05) is 26.9 Å². The van der Waals surface area contributed by atoms with Crippen molar-refractivity contribution in [3.8, 4) is 0 Å². The van der Waals surface area contributed by atoms with Crippen molar-refractivity contribution in [3.05, 3.63) is 35.4 Å². The number of nitrogens with two attached hydrogens (primary N) is 1. The molecule has 6 nitrogen and oxygen atoms in total. The van der Waals surface area contributed by atoms with Crippen LogP contribution in [-0.4, -0.2) is 38.7 Å². The van der Waals surface area contributed by atoms with E-state index in [0.717, 1.165) is 5.56 Å². The molecule has 23 heavy (non-hydrogen) atoms. The van der Waals surface area contributed by atoms with Gasteiger partial charge in [0.1, 0.15) is 0 Å². The maximum absolute atomic E-state index is 12.5. The molecule has 3 N–H and O–H groups in total. The van der Waals surface area contributed by atoms with E-state index in [2.05, 4.69) is 10.1 Å². The summed E-state index contributed by atoms with van der Waals surface area (Å²) in [4.78, 5) is 24.0. The quantitative estimate of drug-likeness (QED) is 0.786. The molecule has 0 spiro atoms. The van der Waals surface area contributed by atoms with E-state index >= 15 is 0 Å². The van der Waals surface area contributed by atoms with Gasteiger partial charge in [-0.2, -0.15) is 0 Å². The van der Waals surface area contributed by atoms with Crippen LogP contribution < -0.4 is 11.1 Å². The lowest BCUT2D eigenvalue weighted by Gasteiger charge is -2.34. The lowest BCUT2D eigenvalue weighted by atomic mass is 9.79. The maximum atomic E-state index is 12.5. The predicted octanol–water partition coefficient (Wildman–Crippen LogP) is 1.27. The van der Waals surface area contributed by atoms with Gasteiger partial charge >= 0.3 is 5.97 Å². The summed E-state index contributed by atoms with van der Waals surface area (Å²) in [5.74, 6) is -0.446. The van der Waals surface area contributed by atoms with E-state index in [1.807, 2.05) is 6.07 Å². The van der Waals surface area contributed by atoms with Gasteiger partial charge in [-0.05, 0) is 30.5 Å². The Kier molecular flexibility index (Phi) is 7.48. The summed E-state index contributed by atoms with van der Waals surface area (Å²) < 4.78 is 10.00. The second-order valence-corrected chi connectivity index (χ2v) is 5.47. The molecule has 1 aliphatic heterocycles. The first-order chi connectivity index (χ1) is 10.6. The number of esters is 1. The topological polar surface area (TPSA) is 90.7 Å². The van der Waals surface area contributed by atoms with Crippen LogP contribution in [0.15, 0.2) is 24.3 Å². The predicted molar refractivity (Wildman–Crippen MR) is 88.4 cm³/mol. The van der Waals surface area contributed by atoms with E-state index in [0.29, 0.717) is 44.7 Å². The number of halogens is 1. The molecule has 0 bridgehead atoms. The van der Waals surface area contributed by atoms with Crippen molar-refractivity contribution >= 4 is 24.3 Å². The number of nitrogens with one attached hydrogen (secondary N) is 1. The van der Waals surface area contributed by atoms with Crippen LogP contribution in [0.2, 0.25) is 0 Å². The first-order valence-corrected chi connectivity index (χ1v) is 7.35.